The van der Waals surface area contributed by atoms with Crippen LogP contribution in [0.15, 0.2) is 0 Å². The summed E-state index contributed by atoms with van der Waals surface area (Å²) in [6.45, 7) is 8.34. The third-order valence-corrected chi connectivity index (χ3v) is 4.90. The second kappa shape index (κ2) is 3.52. The maximum Gasteiger partial charge on any atom is 0.236 e. The first-order chi connectivity index (χ1) is 5.96. The van der Waals surface area contributed by atoms with Crippen molar-refractivity contribution in [3.05, 3.63) is 0 Å². The molecule has 1 amide bonds. The zero-order valence-corrected chi connectivity index (χ0v) is 9.75. The van der Waals surface area contributed by atoms with Crippen LogP contribution in [0.2, 0.25) is 0 Å². The van der Waals surface area contributed by atoms with Gasteiger partial charge in [-0.25, -0.2) is 0 Å². The molecule has 1 fully saturated rings. The van der Waals surface area contributed by atoms with Crippen LogP contribution >= 0.6 is 11.8 Å². The number of hydrogen-bond donors (Lipinski definition) is 1. The van der Waals surface area contributed by atoms with Crippen LogP contribution < -0.4 is 5.32 Å². The molecule has 1 aliphatic rings. The number of amides is 1. The molecule has 1 heterocycles. The first-order valence-electron chi connectivity index (χ1n) is 4.92. The predicted octanol–water partition coefficient (Wildman–Crippen LogP) is 2.19. The second-order valence-corrected chi connectivity index (χ2v) is 5.69. The highest BCUT2D eigenvalue weighted by atomic mass is 32.2. The van der Waals surface area contributed by atoms with Crippen LogP contribution in [-0.2, 0) is 4.79 Å². The summed E-state index contributed by atoms with van der Waals surface area (Å²) >= 11 is 1.81. The van der Waals surface area contributed by atoms with Gasteiger partial charge in [-0.15, -0.1) is 11.8 Å². The van der Waals surface area contributed by atoms with Gasteiger partial charge in [0, 0.05) is 11.3 Å². The lowest BCUT2D eigenvalue weighted by Crippen LogP contribution is -2.58. The molecule has 76 valence electrons. The molecular weight excluding hydrogens is 182 g/mol. The third-order valence-electron chi connectivity index (χ3n) is 2.72. The molecule has 0 saturated carbocycles. The first kappa shape index (κ1) is 10.9. The zero-order chi connectivity index (χ0) is 10.1. The van der Waals surface area contributed by atoms with E-state index in [4.69, 9.17) is 0 Å². The average Bonchev–Trinajstić information content (AvgIpc) is 2.05. The first-order valence-corrected chi connectivity index (χ1v) is 5.91. The lowest BCUT2D eigenvalue weighted by Gasteiger charge is -2.41. The number of carbonyl (C=O) groups is 1. The minimum atomic E-state index is -0.157. The summed E-state index contributed by atoms with van der Waals surface area (Å²) in [5.41, 5.74) is -0.0322. The molecule has 0 bridgehead atoms. The van der Waals surface area contributed by atoms with Gasteiger partial charge in [0.1, 0.15) is 0 Å². The van der Waals surface area contributed by atoms with E-state index in [1.165, 1.54) is 0 Å². The van der Waals surface area contributed by atoms with E-state index >= 15 is 0 Å². The lowest BCUT2D eigenvalue weighted by molar-refractivity contribution is -0.125. The monoisotopic (exact) mass is 201 g/mol. The SMILES string of the molecule is CCC1(CC)SCC(C)(C)NC1=O. The van der Waals surface area contributed by atoms with Gasteiger partial charge in [-0.1, -0.05) is 13.8 Å². The minimum Gasteiger partial charge on any atom is -0.349 e. The van der Waals surface area contributed by atoms with E-state index in [-0.39, 0.29) is 16.2 Å². The second-order valence-electron chi connectivity index (χ2n) is 4.33. The van der Waals surface area contributed by atoms with Crippen molar-refractivity contribution < 1.29 is 4.79 Å². The molecule has 1 aliphatic heterocycles. The van der Waals surface area contributed by atoms with Crippen molar-refractivity contribution in [2.24, 2.45) is 0 Å². The molecule has 3 heteroatoms. The summed E-state index contributed by atoms with van der Waals surface area (Å²) in [6.07, 6.45) is 1.85. The molecule has 1 saturated heterocycles. The molecule has 1 N–H and O–H groups in total. The van der Waals surface area contributed by atoms with Crippen LogP contribution in [0.5, 0.6) is 0 Å². The number of carbonyl (C=O) groups excluding carboxylic acids is 1. The van der Waals surface area contributed by atoms with E-state index < -0.39 is 0 Å². The molecule has 0 spiro atoms. The van der Waals surface area contributed by atoms with Crippen LogP contribution in [0.1, 0.15) is 40.5 Å². The average molecular weight is 201 g/mol. The Morgan fingerprint density at radius 1 is 1.38 bits per heavy atom. The van der Waals surface area contributed by atoms with Crippen molar-refractivity contribution in [3.8, 4) is 0 Å². The van der Waals surface area contributed by atoms with Gasteiger partial charge in [-0.2, -0.15) is 0 Å². The Balaban J connectivity index is 2.78. The van der Waals surface area contributed by atoms with E-state index in [1.807, 2.05) is 11.8 Å². The standard InChI is InChI=1S/C10H19NOS/c1-5-10(6-2)8(12)11-9(3,4)7-13-10/h5-7H2,1-4H3,(H,11,12). The predicted molar refractivity (Wildman–Crippen MR) is 58.0 cm³/mol. The van der Waals surface area contributed by atoms with Crippen LogP contribution in [0.3, 0.4) is 0 Å². The van der Waals surface area contributed by atoms with Crippen LogP contribution in [0, 0.1) is 0 Å². The minimum absolute atomic E-state index is 0.0322. The molecule has 2 nitrogen and oxygen atoms in total. The quantitative estimate of drug-likeness (QED) is 0.742. The fourth-order valence-electron chi connectivity index (χ4n) is 1.62. The van der Waals surface area contributed by atoms with Crippen molar-refractivity contribution in [2.45, 2.75) is 50.8 Å². The Morgan fingerprint density at radius 2 is 1.92 bits per heavy atom. The van der Waals surface area contributed by atoms with Crippen LogP contribution in [-0.4, -0.2) is 21.9 Å². The van der Waals surface area contributed by atoms with Gasteiger partial charge in [0.15, 0.2) is 0 Å². The third kappa shape index (κ3) is 2.01. The largest absolute Gasteiger partial charge is 0.349 e. The Bertz CT molecular complexity index is 209. The summed E-state index contributed by atoms with van der Waals surface area (Å²) < 4.78 is -0.157. The summed E-state index contributed by atoms with van der Waals surface area (Å²) in [4.78, 5) is 11.9. The molecule has 0 radical (unpaired) electrons. The van der Waals surface area contributed by atoms with E-state index in [9.17, 15) is 4.79 Å². The Labute approximate surface area is 84.9 Å². The van der Waals surface area contributed by atoms with Crippen molar-refractivity contribution in [2.75, 3.05) is 5.75 Å². The molecule has 0 aromatic rings. The zero-order valence-electron chi connectivity index (χ0n) is 8.94. The number of rotatable bonds is 2. The summed E-state index contributed by atoms with van der Waals surface area (Å²) in [6, 6.07) is 0. The van der Waals surface area contributed by atoms with Gasteiger partial charge in [0.25, 0.3) is 0 Å². The normalized spacial score (nSPS) is 25.4. The number of nitrogens with one attached hydrogen (secondary N) is 1. The highest BCUT2D eigenvalue weighted by molar-refractivity contribution is 8.01. The maximum absolute atomic E-state index is 11.9. The van der Waals surface area contributed by atoms with Crippen LogP contribution in [0.4, 0.5) is 0 Å². The van der Waals surface area contributed by atoms with Gasteiger partial charge in [0.2, 0.25) is 5.91 Å². The Morgan fingerprint density at radius 3 is 2.31 bits per heavy atom. The van der Waals surface area contributed by atoms with E-state index in [2.05, 4.69) is 33.0 Å². The fourth-order valence-corrected chi connectivity index (χ4v) is 2.92. The highest BCUT2D eigenvalue weighted by Gasteiger charge is 2.43. The smallest absolute Gasteiger partial charge is 0.236 e. The van der Waals surface area contributed by atoms with E-state index in [0.717, 1.165) is 18.6 Å². The van der Waals surface area contributed by atoms with Gasteiger partial charge >= 0.3 is 0 Å². The lowest BCUT2D eigenvalue weighted by atomic mass is 9.98. The van der Waals surface area contributed by atoms with E-state index in [0.29, 0.717) is 0 Å². The van der Waals surface area contributed by atoms with Gasteiger partial charge < -0.3 is 5.32 Å². The van der Waals surface area contributed by atoms with Crippen molar-refractivity contribution >= 4 is 17.7 Å². The summed E-state index contributed by atoms with van der Waals surface area (Å²) in [5, 5.41) is 3.09. The maximum atomic E-state index is 11.9. The molecule has 0 aromatic carbocycles. The highest BCUT2D eigenvalue weighted by Crippen LogP contribution is 2.38. The molecule has 0 unspecified atom stereocenters. The van der Waals surface area contributed by atoms with E-state index in [1.54, 1.807) is 0 Å². The van der Waals surface area contributed by atoms with Crippen molar-refractivity contribution in [1.82, 2.24) is 5.32 Å². The van der Waals surface area contributed by atoms with Gasteiger partial charge in [-0.05, 0) is 26.7 Å². The fraction of sp³-hybridized carbons (Fsp3) is 0.900. The van der Waals surface area contributed by atoms with Crippen LogP contribution in [0.25, 0.3) is 0 Å². The Hall–Kier alpha value is -0.180. The van der Waals surface area contributed by atoms with Gasteiger partial charge in [0.05, 0.1) is 4.75 Å². The van der Waals surface area contributed by atoms with Crippen molar-refractivity contribution in [3.63, 3.8) is 0 Å². The molecule has 0 aliphatic carbocycles. The number of thioether (sulfide) groups is 1. The molecule has 13 heavy (non-hydrogen) atoms. The Kier molecular flexibility index (Phi) is 2.95. The topological polar surface area (TPSA) is 29.1 Å². The molecule has 1 rings (SSSR count). The molecular formula is C10H19NOS. The summed E-state index contributed by atoms with van der Waals surface area (Å²) in [7, 11) is 0. The van der Waals surface area contributed by atoms with Gasteiger partial charge in [-0.3, -0.25) is 4.79 Å². The summed E-state index contributed by atoms with van der Waals surface area (Å²) in [5.74, 6) is 1.24. The molecule has 0 aromatic heterocycles. The van der Waals surface area contributed by atoms with Crippen molar-refractivity contribution in [1.29, 1.82) is 0 Å². The number of hydrogen-bond acceptors (Lipinski definition) is 2. The molecule has 0 atom stereocenters.